The fraction of sp³-hybridized carbons (Fsp3) is 0. The molecule has 4 aromatic heterocycles. The smallest absolute Gasteiger partial charge is 0.270 e. The summed E-state index contributed by atoms with van der Waals surface area (Å²) in [5.41, 5.74) is 4.37. The molecule has 4 heterocycles. The number of H-pyrrole nitrogens is 1. The van der Waals surface area contributed by atoms with Crippen molar-refractivity contribution in [3.63, 3.8) is 0 Å². The lowest BCUT2D eigenvalue weighted by atomic mass is 10.0. The highest BCUT2D eigenvalue weighted by atomic mass is 15.1. The molecule has 0 bridgehead atoms. The van der Waals surface area contributed by atoms with Crippen LogP contribution in [-0.2, 0) is 0 Å². The first kappa shape index (κ1) is 12.3. The number of hydrogen-bond donors (Lipinski definition) is 1. The van der Waals surface area contributed by atoms with Crippen molar-refractivity contribution in [2.45, 2.75) is 0 Å². The lowest BCUT2D eigenvalue weighted by Gasteiger charge is -2.05. The Morgan fingerprint density at radius 2 is 2.09 bits per heavy atom. The van der Waals surface area contributed by atoms with E-state index in [2.05, 4.69) is 25.0 Å². The van der Waals surface area contributed by atoms with E-state index in [0.717, 1.165) is 28.0 Å². The molecule has 4 aromatic rings. The maximum Gasteiger partial charge on any atom is 0.270 e. The molecular weight excluding hydrogens is 276 g/mol. The quantitative estimate of drug-likeness (QED) is 0.575. The van der Waals surface area contributed by atoms with E-state index >= 15 is 0 Å². The van der Waals surface area contributed by atoms with Gasteiger partial charge in [-0.25, -0.2) is 4.98 Å². The highest BCUT2D eigenvalue weighted by Gasteiger charge is 2.15. The molecule has 0 amide bonds. The molecule has 104 valence electrons. The van der Waals surface area contributed by atoms with Gasteiger partial charge in [0.05, 0.1) is 6.20 Å². The van der Waals surface area contributed by atoms with Crippen LogP contribution in [0.4, 0.5) is 5.82 Å². The molecule has 0 aliphatic carbocycles. The zero-order valence-electron chi connectivity index (χ0n) is 11.4. The molecule has 0 saturated carbocycles. The van der Waals surface area contributed by atoms with Gasteiger partial charge in [-0.05, 0) is 18.2 Å². The van der Waals surface area contributed by atoms with Crippen LogP contribution in [0, 0.1) is 6.57 Å². The van der Waals surface area contributed by atoms with Gasteiger partial charge in [0.1, 0.15) is 5.65 Å². The van der Waals surface area contributed by atoms with Gasteiger partial charge >= 0.3 is 0 Å². The summed E-state index contributed by atoms with van der Waals surface area (Å²) in [7, 11) is 0. The molecular formula is C16H10N6. The van der Waals surface area contributed by atoms with Crippen molar-refractivity contribution >= 4 is 11.5 Å². The van der Waals surface area contributed by atoms with Crippen molar-refractivity contribution in [2.75, 3.05) is 0 Å². The molecule has 0 unspecified atom stereocenters. The SMILES string of the molecule is [C-]#[N+]c1ccc(-c2cn[nH]c2)c(-c2ccn3ccnc3c2)n1. The van der Waals surface area contributed by atoms with E-state index < -0.39 is 0 Å². The van der Waals surface area contributed by atoms with Gasteiger partial charge in [0.25, 0.3) is 5.82 Å². The summed E-state index contributed by atoms with van der Waals surface area (Å²) in [6.45, 7) is 7.18. The Kier molecular flexibility index (Phi) is 2.70. The van der Waals surface area contributed by atoms with Crippen molar-refractivity contribution in [3.8, 4) is 22.4 Å². The van der Waals surface area contributed by atoms with E-state index in [0.29, 0.717) is 5.82 Å². The molecule has 0 fully saturated rings. The summed E-state index contributed by atoms with van der Waals surface area (Å²) in [5, 5.41) is 6.79. The van der Waals surface area contributed by atoms with Crippen LogP contribution in [0.1, 0.15) is 0 Å². The fourth-order valence-electron chi connectivity index (χ4n) is 2.42. The molecule has 0 saturated heterocycles. The van der Waals surface area contributed by atoms with Gasteiger partial charge in [0.2, 0.25) is 0 Å². The molecule has 4 rings (SSSR count). The summed E-state index contributed by atoms with van der Waals surface area (Å²) in [6, 6.07) is 7.54. The highest BCUT2D eigenvalue weighted by Crippen LogP contribution is 2.32. The molecule has 0 aliphatic rings. The fourth-order valence-corrected chi connectivity index (χ4v) is 2.42. The second-order valence-electron chi connectivity index (χ2n) is 4.77. The van der Waals surface area contributed by atoms with E-state index in [1.807, 2.05) is 41.2 Å². The third-order valence-corrected chi connectivity index (χ3v) is 3.48. The zero-order valence-corrected chi connectivity index (χ0v) is 11.4. The second-order valence-corrected chi connectivity index (χ2v) is 4.77. The predicted octanol–water partition coefficient (Wildman–Crippen LogP) is 3.34. The van der Waals surface area contributed by atoms with E-state index in [-0.39, 0.29) is 0 Å². The van der Waals surface area contributed by atoms with Gasteiger partial charge in [0.15, 0.2) is 5.69 Å². The summed E-state index contributed by atoms with van der Waals surface area (Å²) in [6.07, 6.45) is 9.12. The van der Waals surface area contributed by atoms with Crippen LogP contribution < -0.4 is 0 Å². The Hall–Kier alpha value is -3.46. The molecule has 1 N–H and O–H groups in total. The minimum atomic E-state index is 0.366. The van der Waals surface area contributed by atoms with E-state index in [1.54, 1.807) is 18.5 Å². The Labute approximate surface area is 125 Å². The number of fused-ring (bicyclic) bond motifs is 1. The topological polar surface area (TPSA) is 63.2 Å². The molecule has 22 heavy (non-hydrogen) atoms. The third kappa shape index (κ3) is 1.93. The largest absolute Gasteiger partial charge is 0.361 e. The van der Waals surface area contributed by atoms with Gasteiger partial charge in [-0.2, -0.15) is 5.10 Å². The number of imidazole rings is 1. The first-order valence-corrected chi connectivity index (χ1v) is 6.66. The van der Waals surface area contributed by atoms with Gasteiger partial charge < -0.3 is 9.25 Å². The average molecular weight is 286 g/mol. The lowest BCUT2D eigenvalue weighted by molar-refractivity contribution is 1.09. The van der Waals surface area contributed by atoms with Gasteiger partial charge in [-0.3, -0.25) is 5.10 Å². The van der Waals surface area contributed by atoms with E-state index in [9.17, 15) is 0 Å². The summed E-state index contributed by atoms with van der Waals surface area (Å²) < 4.78 is 1.93. The Morgan fingerprint density at radius 3 is 2.91 bits per heavy atom. The van der Waals surface area contributed by atoms with Gasteiger partial charge in [-0.15, -0.1) is 4.98 Å². The van der Waals surface area contributed by atoms with Crippen LogP contribution in [0.3, 0.4) is 0 Å². The standard InChI is InChI=1S/C16H10N6/c1-17-14-3-2-13(12-9-19-20-10-12)16(21-14)11-4-6-22-7-5-18-15(22)8-11/h2-10H,(H,19,20). The van der Waals surface area contributed by atoms with Crippen molar-refractivity contribution < 1.29 is 0 Å². The monoisotopic (exact) mass is 286 g/mol. The maximum absolute atomic E-state index is 7.18. The average Bonchev–Trinajstić information content (AvgIpc) is 3.24. The van der Waals surface area contributed by atoms with Gasteiger partial charge in [-0.1, -0.05) is 12.6 Å². The molecule has 0 spiro atoms. The highest BCUT2D eigenvalue weighted by molar-refractivity contribution is 5.82. The first-order chi connectivity index (χ1) is 10.8. The van der Waals surface area contributed by atoms with Crippen LogP contribution in [0.5, 0.6) is 0 Å². The zero-order chi connectivity index (χ0) is 14.9. The second kappa shape index (κ2) is 4.82. The number of rotatable bonds is 2. The third-order valence-electron chi connectivity index (χ3n) is 3.48. The number of aromatic amines is 1. The van der Waals surface area contributed by atoms with Crippen LogP contribution in [0.25, 0.3) is 32.9 Å². The molecule has 6 heteroatoms. The van der Waals surface area contributed by atoms with Gasteiger partial charge in [0, 0.05) is 41.5 Å². The summed E-state index contributed by atoms with van der Waals surface area (Å²) in [4.78, 5) is 12.2. The number of pyridine rings is 2. The van der Waals surface area contributed by atoms with Crippen molar-refractivity contribution in [1.29, 1.82) is 0 Å². The molecule has 6 nitrogen and oxygen atoms in total. The van der Waals surface area contributed by atoms with Crippen LogP contribution in [0.2, 0.25) is 0 Å². The lowest BCUT2D eigenvalue weighted by Crippen LogP contribution is -1.91. The number of hydrogen-bond acceptors (Lipinski definition) is 3. The number of nitrogens with one attached hydrogen (secondary N) is 1. The number of nitrogens with zero attached hydrogens (tertiary/aromatic N) is 5. The van der Waals surface area contributed by atoms with Crippen molar-refractivity contribution in [2.24, 2.45) is 0 Å². The molecule has 0 atom stereocenters. The maximum atomic E-state index is 7.18. The Morgan fingerprint density at radius 1 is 1.14 bits per heavy atom. The summed E-state index contributed by atoms with van der Waals surface area (Å²) in [5.74, 6) is 0.366. The van der Waals surface area contributed by atoms with Crippen LogP contribution in [0.15, 0.2) is 55.2 Å². The first-order valence-electron chi connectivity index (χ1n) is 6.66. The molecule has 0 aliphatic heterocycles. The van der Waals surface area contributed by atoms with E-state index in [1.165, 1.54) is 0 Å². The van der Waals surface area contributed by atoms with Crippen LogP contribution >= 0.6 is 0 Å². The number of aromatic nitrogens is 5. The Balaban J connectivity index is 1.97. The normalized spacial score (nSPS) is 10.7. The van der Waals surface area contributed by atoms with Crippen molar-refractivity contribution in [1.82, 2.24) is 24.6 Å². The van der Waals surface area contributed by atoms with Crippen LogP contribution in [-0.4, -0.2) is 24.6 Å². The van der Waals surface area contributed by atoms with Crippen molar-refractivity contribution in [3.05, 3.63) is 66.7 Å². The predicted molar refractivity (Wildman–Crippen MR) is 82.3 cm³/mol. The van der Waals surface area contributed by atoms with E-state index in [4.69, 9.17) is 6.57 Å². The molecule has 0 radical (unpaired) electrons. The minimum absolute atomic E-state index is 0.366. The minimum Gasteiger partial charge on any atom is -0.361 e. The Bertz CT molecular complexity index is 991. The summed E-state index contributed by atoms with van der Waals surface area (Å²) >= 11 is 0. The molecule has 0 aromatic carbocycles.